The van der Waals surface area contributed by atoms with E-state index in [2.05, 4.69) is 15.3 Å². The number of hydrogen-bond donors (Lipinski definition) is 2. The molecule has 2 aromatic heterocycles. The van der Waals surface area contributed by atoms with Gasteiger partial charge in [-0.05, 0) is 56.9 Å². The second-order valence-corrected chi connectivity index (χ2v) is 9.75. The van der Waals surface area contributed by atoms with E-state index in [1.807, 2.05) is 32.0 Å². The molecule has 4 aromatic rings. The Morgan fingerprint density at radius 2 is 1.72 bits per heavy atom. The zero-order valence-electron chi connectivity index (χ0n) is 21.8. The van der Waals surface area contributed by atoms with Gasteiger partial charge in [0.1, 0.15) is 17.1 Å². The van der Waals surface area contributed by atoms with Crippen LogP contribution in [0.15, 0.2) is 48.5 Å². The van der Waals surface area contributed by atoms with Gasteiger partial charge in [-0.15, -0.1) is 0 Å². The molecule has 2 heterocycles. The third-order valence-corrected chi connectivity index (χ3v) is 6.93. The van der Waals surface area contributed by atoms with Gasteiger partial charge in [0.25, 0.3) is 11.8 Å². The number of alkyl halides is 2. The minimum Gasteiger partial charge on any atom is -0.494 e. The molecule has 10 heteroatoms. The average Bonchev–Trinajstić information content (AvgIpc) is 3.70. The molecule has 0 bridgehead atoms. The third-order valence-electron chi connectivity index (χ3n) is 6.93. The summed E-state index contributed by atoms with van der Waals surface area (Å²) in [6, 6.07) is 12.3. The number of benzene rings is 2. The Kier molecular flexibility index (Phi) is 6.57. The Labute approximate surface area is 223 Å². The Morgan fingerprint density at radius 3 is 2.36 bits per heavy atom. The molecule has 2 aromatic carbocycles. The Hall–Kier alpha value is -4.34. The maximum absolute atomic E-state index is 15.2. The first-order valence-electron chi connectivity index (χ1n) is 12.4. The van der Waals surface area contributed by atoms with Crippen LogP contribution in [0, 0.1) is 32.5 Å². The van der Waals surface area contributed by atoms with Gasteiger partial charge in [0.05, 0.1) is 12.8 Å². The second kappa shape index (κ2) is 9.76. The molecule has 0 radical (unpaired) electrons. The van der Waals surface area contributed by atoms with Crippen LogP contribution in [-0.2, 0) is 5.92 Å². The summed E-state index contributed by atoms with van der Waals surface area (Å²) in [6.07, 6.45) is 0.909. The van der Waals surface area contributed by atoms with E-state index in [-0.39, 0.29) is 39.9 Å². The molecule has 1 aliphatic carbocycles. The maximum Gasteiger partial charge on any atom is 0.277 e. The van der Waals surface area contributed by atoms with E-state index in [4.69, 9.17) is 4.74 Å². The lowest BCUT2D eigenvalue weighted by atomic mass is 9.98. The monoisotopic (exact) mass is 536 g/mol. The van der Waals surface area contributed by atoms with E-state index in [1.165, 1.54) is 38.3 Å². The van der Waals surface area contributed by atoms with Crippen molar-refractivity contribution in [2.24, 2.45) is 5.92 Å². The predicted octanol–water partition coefficient (Wildman–Crippen LogP) is 6.68. The highest BCUT2D eigenvalue weighted by Crippen LogP contribution is 2.50. The molecule has 1 fully saturated rings. The highest BCUT2D eigenvalue weighted by Gasteiger charge is 2.48. The number of anilines is 1. The van der Waals surface area contributed by atoms with Crippen LogP contribution in [0.1, 0.15) is 45.7 Å². The van der Waals surface area contributed by atoms with Crippen molar-refractivity contribution in [1.29, 1.82) is 0 Å². The number of imidazole rings is 1. The fourth-order valence-corrected chi connectivity index (χ4v) is 4.76. The van der Waals surface area contributed by atoms with Gasteiger partial charge in [-0.3, -0.25) is 4.79 Å². The predicted molar refractivity (Wildman–Crippen MR) is 140 cm³/mol. The SMILES string of the molecule is COc1cc(F)c(-c2nc(C)c(C(=O)Nc3cccc(C(F)(F)C4CC4)c3)n2O)nc1-c1c(C)cccc1C. The van der Waals surface area contributed by atoms with Gasteiger partial charge in [0.15, 0.2) is 17.3 Å². The van der Waals surface area contributed by atoms with E-state index in [1.54, 1.807) is 0 Å². The lowest BCUT2D eigenvalue weighted by Crippen LogP contribution is -2.19. The molecule has 0 atom stereocenters. The number of hydrogen-bond acceptors (Lipinski definition) is 5. The highest BCUT2D eigenvalue weighted by molar-refractivity contribution is 6.04. The number of pyridine rings is 1. The number of amides is 1. The van der Waals surface area contributed by atoms with Crippen LogP contribution >= 0.6 is 0 Å². The van der Waals surface area contributed by atoms with E-state index >= 15 is 4.39 Å². The van der Waals surface area contributed by atoms with Crippen LogP contribution in [-0.4, -0.2) is 32.9 Å². The number of nitrogens with one attached hydrogen (secondary N) is 1. The molecule has 7 nitrogen and oxygen atoms in total. The molecule has 5 rings (SSSR count). The van der Waals surface area contributed by atoms with Gasteiger partial charge >= 0.3 is 0 Å². The Bertz CT molecular complexity index is 1570. The van der Waals surface area contributed by atoms with Gasteiger partial charge in [-0.2, -0.15) is 4.73 Å². The number of aromatic nitrogens is 3. The number of halogens is 3. The molecule has 0 unspecified atom stereocenters. The quantitative estimate of drug-likeness (QED) is 0.257. The third kappa shape index (κ3) is 4.71. The molecule has 0 spiro atoms. The van der Waals surface area contributed by atoms with Crippen LogP contribution in [0.3, 0.4) is 0 Å². The van der Waals surface area contributed by atoms with Gasteiger partial charge < -0.3 is 15.3 Å². The zero-order valence-corrected chi connectivity index (χ0v) is 21.8. The van der Waals surface area contributed by atoms with Crippen molar-refractivity contribution in [1.82, 2.24) is 14.7 Å². The number of rotatable bonds is 7. The van der Waals surface area contributed by atoms with E-state index in [9.17, 15) is 18.8 Å². The Balaban J connectivity index is 1.52. The van der Waals surface area contributed by atoms with Crippen molar-refractivity contribution in [2.75, 3.05) is 12.4 Å². The van der Waals surface area contributed by atoms with Crippen LogP contribution < -0.4 is 10.1 Å². The summed E-state index contributed by atoms with van der Waals surface area (Å²) in [5.74, 6) is -5.41. The van der Waals surface area contributed by atoms with Crippen LogP contribution in [0.25, 0.3) is 22.8 Å². The smallest absolute Gasteiger partial charge is 0.277 e. The number of ether oxygens (including phenoxy) is 1. The summed E-state index contributed by atoms with van der Waals surface area (Å²) in [5, 5.41) is 13.5. The van der Waals surface area contributed by atoms with Crippen LogP contribution in [0.4, 0.5) is 18.9 Å². The summed E-state index contributed by atoms with van der Waals surface area (Å²) >= 11 is 0. The average molecular weight is 537 g/mol. The van der Waals surface area contributed by atoms with Gasteiger partial charge in [-0.25, -0.2) is 23.1 Å². The summed E-state index contributed by atoms with van der Waals surface area (Å²) in [6.45, 7) is 5.25. The highest BCUT2D eigenvalue weighted by atomic mass is 19.3. The van der Waals surface area contributed by atoms with Crippen molar-refractivity contribution in [3.05, 3.63) is 82.4 Å². The lowest BCUT2D eigenvalue weighted by molar-refractivity contribution is -0.0285. The molecular weight excluding hydrogens is 509 g/mol. The van der Waals surface area contributed by atoms with Crippen LogP contribution in [0.5, 0.6) is 5.75 Å². The summed E-state index contributed by atoms with van der Waals surface area (Å²) < 4.78 is 50.2. The van der Waals surface area contributed by atoms with Gasteiger partial charge in [0, 0.05) is 28.8 Å². The topological polar surface area (TPSA) is 89.3 Å². The molecular formula is C29H27F3N4O3. The largest absolute Gasteiger partial charge is 0.494 e. The van der Waals surface area contributed by atoms with Gasteiger partial charge in [-0.1, -0.05) is 30.3 Å². The number of carbonyl (C=O) groups excluding carboxylic acids is 1. The molecule has 2 N–H and O–H groups in total. The molecule has 202 valence electrons. The molecule has 39 heavy (non-hydrogen) atoms. The van der Waals surface area contributed by atoms with E-state index in [0.717, 1.165) is 22.8 Å². The van der Waals surface area contributed by atoms with Crippen molar-refractivity contribution in [3.8, 4) is 28.5 Å². The number of aryl methyl sites for hydroxylation is 3. The minimum absolute atomic E-state index is 0.0927. The normalized spacial score (nSPS) is 13.4. The summed E-state index contributed by atoms with van der Waals surface area (Å²) in [7, 11) is 1.41. The molecule has 1 saturated carbocycles. The van der Waals surface area contributed by atoms with E-state index in [0.29, 0.717) is 23.3 Å². The summed E-state index contributed by atoms with van der Waals surface area (Å²) in [4.78, 5) is 21.8. The lowest BCUT2D eigenvalue weighted by Gasteiger charge is -2.17. The summed E-state index contributed by atoms with van der Waals surface area (Å²) in [5.41, 5.74) is 2.32. The zero-order chi connectivity index (χ0) is 28.1. The first-order chi connectivity index (χ1) is 18.5. The second-order valence-electron chi connectivity index (χ2n) is 9.75. The molecule has 0 aliphatic heterocycles. The first kappa shape index (κ1) is 26.3. The van der Waals surface area contributed by atoms with E-state index < -0.39 is 23.6 Å². The molecule has 0 saturated heterocycles. The number of nitrogens with zero attached hydrogens (tertiary/aromatic N) is 3. The fraction of sp³-hybridized carbons (Fsp3) is 0.276. The van der Waals surface area contributed by atoms with Crippen molar-refractivity contribution >= 4 is 11.6 Å². The molecule has 1 aliphatic rings. The number of methoxy groups -OCH3 is 1. The van der Waals surface area contributed by atoms with Crippen LogP contribution in [0.2, 0.25) is 0 Å². The van der Waals surface area contributed by atoms with Crippen molar-refractivity contribution < 1.29 is 27.9 Å². The number of carbonyl (C=O) groups is 1. The van der Waals surface area contributed by atoms with Gasteiger partial charge in [0.2, 0.25) is 0 Å². The maximum atomic E-state index is 15.2. The Morgan fingerprint density at radius 1 is 1.05 bits per heavy atom. The standard InChI is InChI=1S/C29H27F3N4O3/c1-15-7-5-8-16(2)23(15)25-22(39-4)14-21(30)24(35-25)27-33-17(3)26(36(27)38)28(37)34-20-10-6-9-19(13-20)29(31,32)18-11-12-18/h5-10,13-14,18,38H,11-12H2,1-4H3,(H,34,37). The van der Waals surface area contributed by atoms with Crippen molar-refractivity contribution in [3.63, 3.8) is 0 Å². The van der Waals surface area contributed by atoms with Crippen molar-refractivity contribution in [2.45, 2.75) is 39.5 Å². The molecule has 1 amide bonds. The fourth-order valence-electron chi connectivity index (χ4n) is 4.76. The minimum atomic E-state index is -2.99. The first-order valence-corrected chi connectivity index (χ1v) is 12.4.